The van der Waals surface area contributed by atoms with Crippen molar-refractivity contribution in [2.24, 2.45) is 5.41 Å². The van der Waals surface area contributed by atoms with Gasteiger partial charge in [0.05, 0.1) is 0 Å². The smallest absolute Gasteiger partial charge is 0.136 e. The minimum atomic E-state index is 0.0459. The number of nitrogens with one attached hydrogen (secondary N) is 2. The quantitative estimate of drug-likeness (QED) is 0.687. The number of hydrogen-bond donors (Lipinski definition) is 3. The molecule has 0 radical (unpaired) electrons. The summed E-state index contributed by atoms with van der Waals surface area (Å²) in [5.41, 5.74) is 1.12. The predicted molar refractivity (Wildman–Crippen MR) is 86.9 cm³/mol. The fourth-order valence-corrected chi connectivity index (χ4v) is 2.28. The highest BCUT2D eigenvalue weighted by Crippen LogP contribution is 2.39. The molecule has 118 valence electrons. The van der Waals surface area contributed by atoms with Gasteiger partial charge in [-0.2, -0.15) is 0 Å². The zero-order valence-electron chi connectivity index (χ0n) is 13.7. The highest BCUT2D eigenvalue weighted by Gasteiger charge is 2.28. The summed E-state index contributed by atoms with van der Waals surface area (Å²) in [6, 6.07) is 0. The van der Waals surface area contributed by atoms with Gasteiger partial charge < -0.3 is 15.7 Å². The molecule has 1 aromatic rings. The fraction of sp³-hybridized carbons (Fsp3) is 0.750. The van der Waals surface area contributed by atoms with E-state index in [-0.39, 0.29) is 12.0 Å². The molecule has 0 unspecified atom stereocenters. The standard InChI is InChI=1S/C16H28N4O/c1-5-17-13-11(2)14(18-10-16(3,4)8-9-21)20-15(19-13)12-6-7-12/h12,21H,5-10H2,1-4H3,(H2,17,18,19,20). The molecule has 1 heterocycles. The predicted octanol–water partition coefficient (Wildman–Crippen LogP) is 2.91. The van der Waals surface area contributed by atoms with Crippen LogP contribution in [0.15, 0.2) is 0 Å². The third-order valence-corrected chi connectivity index (χ3v) is 3.97. The molecule has 1 saturated carbocycles. The van der Waals surface area contributed by atoms with E-state index in [1.165, 1.54) is 12.8 Å². The zero-order chi connectivity index (χ0) is 15.5. The second kappa shape index (κ2) is 6.60. The van der Waals surface area contributed by atoms with E-state index in [9.17, 15) is 0 Å². The Morgan fingerprint density at radius 1 is 1.19 bits per heavy atom. The van der Waals surface area contributed by atoms with Gasteiger partial charge in [0.1, 0.15) is 17.5 Å². The Balaban J connectivity index is 2.16. The van der Waals surface area contributed by atoms with E-state index >= 15 is 0 Å². The van der Waals surface area contributed by atoms with Crippen molar-refractivity contribution in [3.05, 3.63) is 11.4 Å². The van der Waals surface area contributed by atoms with Crippen LogP contribution in [0.3, 0.4) is 0 Å². The number of rotatable bonds is 8. The van der Waals surface area contributed by atoms with Crippen molar-refractivity contribution >= 4 is 11.6 Å². The molecule has 5 nitrogen and oxygen atoms in total. The van der Waals surface area contributed by atoms with Gasteiger partial charge in [-0.15, -0.1) is 0 Å². The minimum absolute atomic E-state index is 0.0459. The van der Waals surface area contributed by atoms with Crippen LogP contribution in [0.5, 0.6) is 0 Å². The Morgan fingerprint density at radius 2 is 1.81 bits per heavy atom. The third kappa shape index (κ3) is 4.30. The van der Waals surface area contributed by atoms with Crippen LogP contribution in [0.1, 0.15) is 57.3 Å². The first-order valence-electron chi connectivity index (χ1n) is 7.94. The molecule has 21 heavy (non-hydrogen) atoms. The SMILES string of the molecule is CCNc1nc(C2CC2)nc(NCC(C)(C)CCO)c1C. The summed E-state index contributed by atoms with van der Waals surface area (Å²) in [6.07, 6.45) is 3.17. The summed E-state index contributed by atoms with van der Waals surface area (Å²) in [6.45, 7) is 10.3. The van der Waals surface area contributed by atoms with Crippen molar-refractivity contribution in [3.8, 4) is 0 Å². The number of aromatic nitrogens is 2. The topological polar surface area (TPSA) is 70.1 Å². The lowest BCUT2D eigenvalue weighted by atomic mass is 9.90. The Labute approximate surface area is 127 Å². The van der Waals surface area contributed by atoms with E-state index in [0.29, 0.717) is 5.92 Å². The van der Waals surface area contributed by atoms with E-state index < -0.39 is 0 Å². The highest BCUT2D eigenvalue weighted by atomic mass is 16.3. The van der Waals surface area contributed by atoms with Gasteiger partial charge in [0.2, 0.25) is 0 Å². The Hall–Kier alpha value is -1.36. The fourth-order valence-electron chi connectivity index (χ4n) is 2.28. The van der Waals surface area contributed by atoms with Gasteiger partial charge in [-0.25, -0.2) is 9.97 Å². The molecule has 0 bridgehead atoms. The summed E-state index contributed by atoms with van der Waals surface area (Å²) >= 11 is 0. The average Bonchev–Trinajstić information content (AvgIpc) is 3.24. The van der Waals surface area contributed by atoms with Crippen molar-refractivity contribution in [2.75, 3.05) is 30.3 Å². The van der Waals surface area contributed by atoms with E-state index in [2.05, 4.69) is 43.3 Å². The zero-order valence-corrected chi connectivity index (χ0v) is 13.7. The normalized spacial score (nSPS) is 15.1. The molecular weight excluding hydrogens is 264 g/mol. The van der Waals surface area contributed by atoms with Gasteiger partial charge in [0.15, 0.2) is 0 Å². The van der Waals surface area contributed by atoms with Crippen LogP contribution in [-0.4, -0.2) is 34.8 Å². The summed E-state index contributed by atoms with van der Waals surface area (Å²) in [5.74, 6) is 3.36. The van der Waals surface area contributed by atoms with Crippen molar-refractivity contribution in [1.82, 2.24) is 9.97 Å². The summed E-state index contributed by atoms with van der Waals surface area (Å²) in [5, 5.41) is 15.9. The number of nitrogens with zero attached hydrogens (tertiary/aromatic N) is 2. The van der Waals surface area contributed by atoms with Gasteiger partial charge in [0.25, 0.3) is 0 Å². The van der Waals surface area contributed by atoms with Gasteiger partial charge in [-0.3, -0.25) is 0 Å². The van der Waals surface area contributed by atoms with Crippen molar-refractivity contribution in [1.29, 1.82) is 0 Å². The lowest BCUT2D eigenvalue weighted by molar-refractivity contribution is 0.220. The third-order valence-electron chi connectivity index (χ3n) is 3.97. The van der Waals surface area contributed by atoms with E-state index in [0.717, 1.165) is 42.5 Å². The van der Waals surface area contributed by atoms with Crippen molar-refractivity contribution in [3.63, 3.8) is 0 Å². The maximum Gasteiger partial charge on any atom is 0.136 e. The summed E-state index contributed by atoms with van der Waals surface area (Å²) in [7, 11) is 0. The molecule has 0 saturated heterocycles. The Bertz CT molecular complexity index is 483. The second-order valence-electron chi connectivity index (χ2n) is 6.70. The van der Waals surface area contributed by atoms with Crippen LogP contribution in [0.2, 0.25) is 0 Å². The molecule has 1 aliphatic rings. The van der Waals surface area contributed by atoms with Gasteiger partial charge >= 0.3 is 0 Å². The molecule has 0 aromatic carbocycles. The van der Waals surface area contributed by atoms with Gasteiger partial charge in [-0.1, -0.05) is 13.8 Å². The highest BCUT2D eigenvalue weighted by molar-refractivity contribution is 5.57. The lowest BCUT2D eigenvalue weighted by Crippen LogP contribution is -2.25. The number of hydrogen-bond acceptors (Lipinski definition) is 5. The monoisotopic (exact) mass is 292 g/mol. The van der Waals surface area contributed by atoms with Gasteiger partial charge in [-0.05, 0) is 38.5 Å². The molecule has 0 spiro atoms. The molecule has 1 fully saturated rings. The maximum absolute atomic E-state index is 9.13. The molecule has 0 amide bonds. The number of aliphatic hydroxyl groups is 1. The molecule has 0 aliphatic heterocycles. The first-order valence-corrected chi connectivity index (χ1v) is 7.94. The first-order chi connectivity index (χ1) is 9.96. The van der Waals surface area contributed by atoms with Gasteiger partial charge in [0, 0.05) is 31.2 Å². The number of anilines is 2. The van der Waals surface area contributed by atoms with Crippen molar-refractivity contribution < 1.29 is 5.11 Å². The lowest BCUT2D eigenvalue weighted by Gasteiger charge is -2.25. The summed E-state index contributed by atoms with van der Waals surface area (Å²) < 4.78 is 0. The second-order valence-corrected chi connectivity index (χ2v) is 6.70. The van der Waals surface area contributed by atoms with Crippen molar-refractivity contribution in [2.45, 2.75) is 52.9 Å². The Morgan fingerprint density at radius 3 is 2.33 bits per heavy atom. The number of aliphatic hydroxyl groups excluding tert-OH is 1. The minimum Gasteiger partial charge on any atom is -0.396 e. The molecule has 1 aliphatic carbocycles. The first kappa shape index (κ1) is 16.0. The molecule has 5 heteroatoms. The maximum atomic E-state index is 9.13. The molecule has 3 N–H and O–H groups in total. The summed E-state index contributed by atoms with van der Waals surface area (Å²) in [4.78, 5) is 9.38. The largest absolute Gasteiger partial charge is 0.396 e. The average molecular weight is 292 g/mol. The van der Waals surface area contributed by atoms with Crippen LogP contribution in [0, 0.1) is 12.3 Å². The van der Waals surface area contributed by atoms with Crippen LogP contribution >= 0.6 is 0 Å². The molecule has 0 atom stereocenters. The van der Waals surface area contributed by atoms with Crippen LogP contribution in [-0.2, 0) is 0 Å². The van der Waals surface area contributed by atoms with E-state index in [1.807, 2.05) is 0 Å². The Kier molecular flexibility index (Phi) is 5.04. The molecule has 1 aromatic heterocycles. The molecular formula is C16H28N4O. The van der Waals surface area contributed by atoms with Crippen LogP contribution in [0.4, 0.5) is 11.6 Å². The van der Waals surface area contributed by atoms with Crippen LogP contribution < -0.4 is 10.6 Å². The molecule has 2 rings (SSSR count). The van der Waals surface area contributed by atoms with E-state index in [4.69, 9.17) is 10.1 Å². The van der Waals surface area contributed by atoms with E-state index in [1.54, 1.807) is 0 Å². The van der Waals surface area contributed by atoms with Crippen LogP contribution in [0.25, 0.3) is 0 Å².